The van der Waals surface area contributed by atoms with Gasteiger partial charge in [0.25, 0.3) is 0 Å². The lowest BCUT2D eigenvalue weighted by atomic mass is 10.1. The van der Waals surface area contributed by atoms with Crippen LogP contribution in [0.1, 0.15) is 28.9 Å². The molecule has 2 aromatic rings. The van der Waals surface area contributed by atoms with Crippen LogP contribution >= 0.6 is 0 Å². The molecular formula is C16H18N2O3. The van der Waals surface area contributed by atoms with Crippen molar-refractivity contribution in [2.75, 3.05) is 18.5 Å². The number of pyridine rings is 1. The maximum absolute atomic E-state index is 11.5. The fourth-order valence-electron chi connectivity index (χ4n) is 1.83. The fraction of sp³-hybridized carbons (Fsp3) is 0.250. The highest BCUT2D eigenvalue weighted by atomic mass is 16.5. The van der Waals surface area contributed by atoms with Crippen LogP contribution in [0.4, 0.5) is 5.82 Å². The average molecular weight is 286 g/mol. The van der Waals surface area contributed by atoms with Gasteiger partial charge in [-0.2, -0.15) is 0 Å². The van der Waals surface area contributed by atoms with Crippen LogP contribution in [0.3, 0.4) is 0 Å². The Bertz CT molecular complexity index is 570. The van der Waals surface area contributed by atoms with Crippen molar-refractivity contribution in [3.63, 3.8) is 0 Å². The van der Waals surface area contributed by atoms with Crippen LogP contribution in [-0.2, 0) is 4.74 Å². The topological polar surface area (TPSA) is 71.5 Å². The number of benzene rings is 1. The SMILES string of the molecule is CCOC(=O)c1ccc(NC[C@H](O)c2ccccc2)nc1. The molecule has 1 aromatic carbocycles. The van der Waals surface area contributed by atoms with Crippen molar-refractivity contribution in [1.29, 1.82) is 0 Å². The first-order valence-corrected chi connectivity index (χ1v) is 6.80. The highest BCUT2D eigenvalue weighted by molar-refractivity contribution is 5.89. The van der Waals surface area contributed by atoms with E-state index in [0.717, 1.165) is 5.56 Å². The number of hydrogen-bond acceptors (Lipinski definition) is 5. The number of anilines is 1. The molecule has 5 nitrogen and oxygen atoms in total. The first-order valence-electron chi connectivity index (χ1n) is 6.80. The predicted octanol–water partition coefficient (Wildman–Crippen LogP) is 2.40. The first kappa shape index (κ1) is 15.0. The highest BCUT2D eigenvalue weighted by Crippen LogP contribution is 2.13. The van der Waals surface area contributed by atoms with Crippen molar-refractivity contribution in [2.45, 2.75) is 13.0 Å². The Labute approximate surface area is 123 Å². The Morgan fingerprint density at radius 2 is 2.05 bits per heavy atom. The fourth-order valence-corrected chi connectivity index (χ4v) is 1.83. The summed E-state index contributed by atoms with van der Waals surface area (Å²) >= 11 is 0. The molecule has 2 N–H and O–H groups in total. The van der Waals surface area contributed by atoms with Crippen molar-refractivity contribution in [3.8, 4) is 0 Å². The Hall–Kier alpha value is -2.40. The van der Waals surface area contributed by atoms with Crippen molar-refractivity contribution in [3.05, 3.63) is 59.8 Å². The lowest BCUT2D eigenvalue weighted by Crippen LogP contribution is -2.13. The van der Waals surface area contributed by atoms with Gasteiger partial charge in [0.05, 0.1) is 18.3 Å². The van der Waals surface area contributed by atoms with Crippen LogP contribution in [0.5, 0.6) is 0 Å². The van der Waals surface area contributed by atoms with E-state index in [0.29, 0.717) is 24.5 Å². The summed E-state index contributed by atoms with van der Waals surface area (Å²) in [5.41, 5.74) is 1.25. The summed E-state index contributed by atoms with van der Waals surface area (Å²) in [5, 5.41) is 13.1. The minimum absolute atomic E-state index is 0.335. The molecule has 0 aliphatic carbocycles. The van der Waals surface area contributed by atoms with Gasteiger partial charge in [0.15, 0.2) is 0 Å². The van der Waals surface area contributed by atoms with E-state index in [2.05, 4.69) is 10.3 Å². The van der Waals surface area contributed by atoms with E-state index in [-0.39, 0.29) is 5.97 Å². The Balaban J connectivity index is 1.90. The molecule has 0 unspecified atom stereocenters. The van der Waals surface area contributed by atoms with Gasteiger partial charge in [-0.15, -0.1) is 0 Å². The summed E-state index contributed by atoms with van der Waals surface area (Å²) in [7, 11) is 0. The average Bonchev–Trinajstić information content (AvgIpc) is 2.54. The molecule has 0 saturated heterocycles. The van der Waals surface area contributed by atoms with E-state index in [9.17, 15) is 9.90 Å². The van der Waals surface area contributed by atoms with Gasteiger partial charge in [-0.05, 0) is 24.6 Å². The molecular weight excluding hydrogens is 268 g/mol. The molecule has 1 atom stereocenters. The molecule has 0 aliphatic heterocycles. The molecule has 0 bridgehead atoms. The van der Waals surface area contributed by atoms with Gasteiger partial charge < -0.3 is 15.2 Å². The first-order chi connectivity index (χ1) is 10.2. The van der Waals surface area contributed by atoms with E-state index in [1.807, 2.05) is 30.3 Å². The number of rotatable bonds is 6. The molecule has 0 aliphatic rings. The molecule has 1 heterocycles. The molecule has 0 amide bonds. The summed E-state index contributed by atoms with van der Waals surface area (Å²) in [5.74, 6) is 0.207. The van der Waals surface area contributed by atoms with E-state index < -0.39 is 6.10 Å². The molecule has 5 heteroatoms. The number of esters is 1. The Morgan fingerprint density at radius 1 is 1.29 bits per heavy atom. The monoisotopic (exact) mass is 286 g/mol. The Morgan fingerprint density at radius 3 is 2.67 bits per heavy atom. The van der Waals surface area contributed by atoms with Gasteiger partial charge in [-0.1, -0.05) is 30.3 Å². The lowest BCUT2D eigenvalue weighted by molar-refractivity contribution is 0.0526. The van der Waals surface area contributed by atoms with E-state index in [1.54, 1.807) is 19.1 Å². The van der Waals surface area contributed by atoms with Gasteiger partial charge in [0, 0.05) is 12.7 Å². The second kappa shape index (κ2) is 7.40. The van der Waals surface area contributed by atoms with Crippen LogP contribution in [0, 0.1) is 0 Å². The minimum atomic E-state index is -0.613. The number of aromatic nitrogens is 1. The summed E-state index contributed by atoms with van der Waals surface area (Å²) in [4.78, 5) is 15.6. The van der Waals surface area contributed by atoms with Gasteiger partial charge in [0.1, 0.15) is 5.82 Å². The zero-order valence-corrected chi connectivity index (χ0v) is 11.8. The second-order valence-corrected chi connectivity index (χ2v) is 4.46. The third-order valence-corrected chi connectivity index (χ3v) is 2.94. The molecule has 110 valence electrons. The standard InChI is InChI=1S/C16H18N2O3/c1-2-21-16(20)13-8-9-15(17-10-13)18-11-14(19)12-6-4-3-5-7-12/h3-10,14,19H,2,11H2,1H3,(H,17,18)/t14-/m0/s1. The molecule has 2 rings (SSSR count). The second-order valence-electron chi connectivity index (χ2n) is 4.46. The zero-order chi connectivity index (χ0) is 15.1. The highest BCUT2D eigenvalue weighted by Gasteiger charge is 2.08. The number of carbonyl (C=O) groups excluding carboxylic acids is 1. The predicted molar refractivity (Wildman–Crippen MR) is 80.1 cm³/mol. The summed E-state index contributed by atoms with van der Waals surface area (Å²) < 4.78 is 4.88. The quantitative estimate of drug-likeness (QED) is 0.798. The molecule has 0 spiro atoms. The van der Waals surface area contributed by atoms with Crippen LogP contribution in [-0.4, -0.2) is 29.2 Å². The van der Waals surface area contributed by atoms with Crippen LogP contribution in [0.2, 0.25) is 0 Å². The number of nitrogens with one attached hydrogen (secondary N) is 1. The summed E-state index contributed by atoms with van der Waals surface area (Å²) in [6.07, 6.45) is 0.840. The van der Waals surface area contributed by atoms with Crippen LogP contribution in [0.15, 0.2) is 48.7 Å². The third kappa shape index (κ3) is 4.29. The van der Waals surface area contributed by atoms with Gasteiger partial charge in [0.2, 0.25) is 0 Å². The molecule has 0 saturated carbocycles. The normalized spacial score (nSPS) is 11.7. The van der Waals surface area contributed by atoms with E-state index in [4.69, 9.17) is 4.74 Å². The van der Waals surface area contributed by atoms with E-state index in [1.165, 1.54) is 6.20 Å². The number of ether oxygens (including phenoxy) is 1. The number of carbonyl (C=O) groups is 1. The Kier molecular flexibility index (Phi) is 5.29. The van der Waals surface area contributed by atoms with E-state index >= 15 is 0 Å². The smallest absolute Gasteiger partial charge is 0.339 e. The van der Waals surface area contributed by atoms with Gasteiger partial charge >= 0.3 is 5.97 Å². The molecule has 0 fully saturated rings. The van der Waals surface area contributed by atoms with Crippen molar-refractivity contribution in [1.82, 2.24) is 4.98 Å². The van der Waals surface area contributed by atoms with Crippen molar-refractivity contribution >= 4 is 11.8 Å². The molecule has 21 heavy (non-hydrogen) atoms. The van der Waals surface area contributed by atoms with Crippen LogP contribution < -0.4 is 5.32 Å². The summed E-state index contributed by atoms with van der Waals surface area (Å²) in [6.45, 7) is 2.43. The molecule has 1 aromatic heterocycles. The number of nitrogens with zero attached hydrogens (tertiary/aromatic N) is 1. The maximum atomic E-state index is 11.5. The zero-order valence-electron chi connectivity index (χ0n) is 11.8. The molecule has 0 radical (unpaired) electrons. The van der Waals surface area contributed by atoms with Crippen molar-refractivity contribution in [2.24, 2.45) is 0 Å². The van der Waals surface area contributed by atoms with Gasteiger partial charge in [-0.3, -0.25) is 0 Å². The summed E-state index contributed by atoms with van der Waals surface area (Å²) in [6, 6.07) is 12.7. The van der Waals surface area contributed by atoms with Crippen LogP contribution in [0.25, 0.3) is 0 Å². The third-order valence-electron chi connectivity index (χ3n) is 2.94. The maximum Gasteiger partial charge on any atom is 0.339 e. The minimum Gasteiger partial charge on any atom is -0.462 e. The number of aliphatic hydroxyl groups is 1. The number of aliphatic hydroxyl groups excluding tert-OH is 1. The number of hydrogen-bond donors (Lipinski definition) is 2. The largest absolute Gasteiger partial charge is 0.462 e. The van der Waals surface area contributed by atoms with Crippen molar-refractivity contribution < 1.29 is 14.6 Å². The van der Waals surface area contributed by atoms with Gasteiger partial charge in [-0.25, -0.2) is 9.78 Å². The lowest BCUT2D eigenvalue weighted by Gasteiger charge is -2.12.